The molecule has 1 N–H and O–H groups in total. The van der Waals surface area contributed by atoms with E-state index in [1.54, 1.807) is 0 Å². The fraction of sp³-hybridized carbons (Fsp3) is 0.800. The van der Waals surface area contributed by atoms with Crippen molar-refractivity contribution >= 4 is 11.3 Å². The van der Waals surface area contributed by atoms with Crippen molar-refractivity contribution in [2.45, 2.75) is 54.0 Å². The molecule has 3 heteroatoms. The van der Waals surface area contributed by atoms with Gasteiger partial charge in [0.1, 0.15) is 0 Å². The Morgan fingerprint density at radius 3 is 2.11 bits per heavy atom. The molecular formula is C15H26N2S. The van der Waals surface area contributed by atoms with Crippen LogP contribution in [-0.4, -0.2) is 18.1 Å². The zero-order valence-electron chi connectivity index (χ0n) is 12.7. The highest BCUT2D eigenvalue weighted by molar-refractivity contribution is 7.11. The topological polar surface area (TPSA) is 24.9 Å². The van der Waals surface area contributed by atoms with Gasteiger partial charge in [0.2, 0.25) is 0 Å². The Bertz CT molecular complexity index is 412. The van der Waals surface area contributed by atoms with Crippen LogP contribution in [0.4, 0.5) is 0 Å². The summed E-state index contributed by atoms with van der Waals surface area (Å²) in [6, 6.07) is 0.542. The van der Waals surface area contributed by atoms with Gasteiger partial charge in [-0.3, -0.25) is 0 Å². The second-order valence-corrected chi connectivity index (χ2v) is 8.06. The fourth-order valence-electron chi connectivity index (χ4n) is 3.45. The number of hydrogen-bond donors (Lipinski definition) is 1. The number of aryl methyl sites for hydroxylation is 2. The zero-order valence-corrected chi connectivity index (χ0v) is 13.5. The van der Waals surface area contributed by atoms with Crippen molar-refractivity contribution in [1.82, 2.24) is 10.3 Å². The van der Waals surface area contributed by atoms with Crippen LogP contribution >= 0.6 is 11.3 Å². The smallest absolute Gasteiger partial charge is 0.0946 e. The lowest BCUT2D eigenvalue weighted by molar-refractivity contribution is 0.420. The molecule has 0 spiro atoms. The Morgan fingerprint density at radius 1 is 1.22 bits per heavy atom. The molecule has 1 aliphatic rings. The van der Waals surface area contributed by atoms with Gasteiger partial charge in [-0.1, -0.05) is 27.7 Å². The van der Waals surface area contributed by atoms with E-state index in [-0.39, 0.29) is 0 Å². The molecule has 102 valence electrons. The number of aromatic nitrogens is 1. The van der Waals surface area contributed by atoms with Crippen molar-refractivity contribution in [3.8, 4) is 0 Å². The summed E-state index contributed by atoms with van der Waals surface area (Å²) in [5.41, 5.74) is 2.06. The highest BCUT2D eigenvalue weighted by atomic mass is 32.1. The van der Waals surface area contributed by atoms with Crippen LogP contribution in [0.1, 0.15) is 43.3 Å². The molecule has 1 aromatic heterocycles. The second kappa shape index (κ2) is 4.31. The van der Waals surface area contributed by atoms with E-state index in [9.17, 15) is 0 Å². The zero-order chi connectivity index (χ0) is 13.7. The largest absolute Gasteiger partial charge is 0.316 e. The van der Waals surface area contributed by atoms with E-state index in [4.69, 9.17) is 0 Å². The van der Waals surface area contributed by atoms with Gasteiger partial charge in [-0.2, -0.15) is 0 Å². The molecule has 2 nitrogen and oxygen atoms in total. The Balaban J connectivity index is 2.12. The number of thiazole rings is 1. The first kappa shape index (κ1) is 14.0. The third-order valence-electron chi connectivity index (χ3n) is 5.37. The maximum Gasteiger partial charge on any atom is 0.0946 e. The quantitative estimate of drug-likeness (QED) is 0.901. The number of rotatable bonds is 4. The molecule has 1 atom stereocenters. The number of nitrogens with zero attached hydrogens (tertiary/aromatic N) is 1. The molecular weight excluding hydrogens is 240 g/mol. The van der Waals surface area contributed by atoms with Crippen molar-refractivity contribution in [3.05, 3.63) is 15.6 Å². The molecule has 1 saturated carbocycles. The van der Waals surface area contributed by atoms with Crippen LogP contribution in [0.25, 0.3) is 0 Å². The Labute approximate surface area is 115 Å². The van der Waals surface area contributed by atoms with Crippen LogP contribution in [0.15, 0.2) is 0 Å². The van der Waals surface area contributed by atoms with E-state index in [2.05, 4.69) is 58.9 Å². The molecule has 1 fully saturated rings. The van der Waals surface area contributed by atoms with Gasteiger partial charge in [0, 0.05) is 17.3 Å². The van der Waals surface area contributed by atoms with Crippen LogP contribution in [0.2, 0.25) is 0 Å². The first-order valence-corrected chi connectivity index (χ1v) is 7.63. The molecule has 0 saturated heterocycles. The molecule has 0 aromatic carbocycles. The van der Waals surface area contributed by atoms with E-state index in [1.165, 1.54) is 15.6 Å². The average molecular weight is 266 g/mol. The Kier molecular flexibility index (Phi) is 3.35. The number of likely N-dealkylation sites (N-methyl/N-ethyl adjacent to an activating group) is 1. The molecule has 0 bridgehead atoms. The summed E-state index contributed by atoms with van der Waals surface area (Å²) >= 11 is 1.85. The van der Waals surface area contributed by atoms with Crippen molar-refractivity contribution < 1.29 is 0 Å². The van der Waals surface area contributed by atoms with Gasteiger partial charge in [-0.25, -0.2) is 4.98 Å². The molecule has 18 heavy (non-hydrogen) atoms. The molecule has 0 aliphatic heterocycles. The van der Waals surface area contributed by atoms with E-state index in [0.29, 0.717) is 16.9 Å². The van der Waals surface area contributed by atoms with Gasteiger partial charge < -0.3 is 5.32 Å². The minimum absolute atomic E-state index is 0.433. The molecule has 2 rings (SSSR count). The fourth-order valence-corrected chi connectivity index (χ4v) is 4.45. The van der Waals surface area contributed by atoms with Crippen molar-refractivity contribution in [2.75, 3.05) is 7.05 Å². The summed E-state index contributed by atoms with van der Waals surface area (Å²) in [6.07, 6.45) is 1.06. The maximum absolute atomic E-state index is 4.68. The molecule has 1 aliphatic carbocycles. The number of hydrogen-bond acceptors (Lipinski definition) is 3. The summed E-state index contributed by atoms with van der Waals surface area (Å²) in [4.78, 5) is 6.04. The standard InChI is InChI=1S/C15H26N2S/c1-9-10(2)18-12(17-9)8-11(16-7)13-14(3,4)15(13,5)6/h11,13,16H,8H2,1-7H3. The van der Waals surface area contributed by atoms with Crippen molar-refractivity contribution in [1.29, 1.82) is 0 Å². The van der Waals surface area contributed by atoms with Crippen LogP contribution in [-0.2, 0) is 6.42 Å². The minimum Gasteiger partial charge on any atom is -0.316 e. The third kappa shape index (κ3) is 2.01. The van der Waals surface area contributed by atoms with Crippen LogP contribution in [0, 0.1) is 30.6 Å². The second-order valence-electron chi connectivity index (χ2n) is 6.77. The lowest BCUT2D eigenvalue weighted by atomic mass is 10.0. The molecule has 0 amide bonds. The van der Waals surface area contributed by atoms with Crippen LogP contribution < -0.4 is 5.32 Å². The van der Waals surface area contributed by atoms with Gasteiger partial charge >= 0.3 is 0 Å². The van der Waals surface area contributed by atoms with Gasteiger partial charge in [0.15, 0.2) is 0 Å². The third-order valence-corrected chi connectivity index (χ3v) is 6.47. The van der Waals surface area contributed by atoms with Gasteiger partial charge in [-0.15, -0.1) is 11.3 Å². The van der Waals surface area contributed by atoms with Gasteiger partial charge in [0.25, 0.3) is 0 Å². The highest BCUT2D eigenvalue weighted by Crippen LogP contribution is 2.69. The van der Waals surface area contributed by atoms with E-state index < -0.39 is 0 Å². The lowest BCUT2D eigenvalue weighted by Crippen LogP contribution is -2.32. The lowest BCUT2D eigenvalue weighted by Gasteiger charge is -2.17. The first-order chi connectivity index (χ1) is 8.21. The SMILES string of the molecule is CNC(Cc1nc(C)c(C)s1)C1C(C)(C)C1(C)C. The predicted octanol–water partition coefficient (Wildman–Crippen LogP) is 3.57. The van der Waals surface area contributed by atoms with Crippen LogP contribution in [0.5, 0.6) is 0 Å². The monoisotopic (exact) mass is 266 g/mol. The molecule has 0 radical (unpaired) electrons. The summed E-state index contributed by atoms with van der Waals surface area (Å²) in [7, 11) is 2.09. The maximum atomic E-state index is 4.68. The Hall–Kier alpha value is -0.410. The van der Waals surface area contributed by atoms with Crippen LogP contribution in [0.3, 0.4) is 0 Å². The minimum atomic E-state index is 0.433. The van der Waals surface area contributed by atoms with E-state index in [1.807, 2.05) is 11.3 Å². The summed E-state index contributed by atoms with van der Waals surface area (Å²) in [6.45, 7) is 13.8. The molecule has 1 unspecified atom stereocenters. The summed E-state index contributed by atoms with van der Waals surface area (Å²) in [5, 5.41) is 4.80. The molecule has 1 aromatic rings. The van der Waals surface area contributed by atoms with Gasteiger partial charge in [0.05, 0.1) is 10.7 Å². The van der Waals surface area contributed by atoms with Crippen molar-refractivity contribution in [2.24, 2.45) is 16.7 Å². The molecule has 1 heterocycles. The Morgan fingerprint density at radius 2 is 1.78 bits per heavy atom. The van der Waals surface area contributed by atoms with E-state index in [0.717, 1.165) is 12.3 Å². The summed E-state index contributed by atoms with van der Waals surface area (Å²) in [5.74, 6) is 0.736. The van der Waals surface area contributed by atoms with E-state index >= 15 is 0 Å². The van der Waals surface area contributed by atoms with Gasteiger partial charge in [-0.05, 0) is 37.6 Å². The average Bonchev–Trinajstić information content (AvgIpc) is 2.52. The first-order valence-electron chi connectivity index (χ1n) is 6.82. The van der Waals surface area contributed by atoms with Crippen molar-refractivity contribution in [3.63, 3.8) is 0 Å². The highest BCUT2D eigenvalue weighted by Gasteiger charge is 2.66. The normalized spacial score (nSPS) is 23.1. The summed E-state index contributed by atoms with van der Waals surface area (Å²) < 4.78 is 0. The predicted molar refractivity (Wildman–Crippen MR) is 79.2 cm³/mol. The number of nitrogens with one attached hydrogen (secondary N) is 1.